The van der Waals surface area contributed by atoms with Crippen molar-refractivity contribution in [3.8, 4) is 5.75 Å². The molecule has 0 aliphatic rings. The van der Waals surface area contributed by atoms with Crippen molar-refractivity contribution in [3.05, 3.63) is 58.4 Å². The predicted octanol–water partition coefficient (Wildman–Crippen LogP) is 4.44. The zero-order valence-electron chi connectivity index (χ0n) is 11.7. The molecule has 0 spiro atoms. The van der Waals surface area contributed by atoms with E-state index in [2.05, 4.69) is 5.32 Å². The molecule has 0 radical (unpaired) electrons. The zero-order valence-corrected chi connectivity index (χ0v) is 12.5. The van der Waals surface area contributed by atoms with Crippen molar-refractivity contribution in [3.63, 3.8) is 0 Å². The number of halogens is 2. The number of aryl methyl sites for hydroxylation is 1. The maximum Gasteiger partial charge on any atom is 0.255 e. The normalized spacial score (nSPS) is 10.3. The van der Waals surface area contributed by atoms with E-state index >= 15 is 0 Å². The average Bonchev–Trinajstić information content (AvgIpc) is 2.45. The fraction of sp³-hybridized carbons (Fsp3) is 0.188. The van der Waals surface area contributed by atoms with Crippen LogP contribution in [0.2, 0.25) is 5.02 Å². The monoisotopic (exact) mass is 307 g/mol. The second-order valence-corrected chi connectivity index (χ2v) is 4.90. The predicted molar refractivity (Wildman–Crippen MR) is 81.7 cm³/mol. The molecule has 5 heteroatoms. The molecule has 1 N–H and O–H groups in total. The van der Waals surface area contributed by atoms with Crippen molar-refractivity contribution in [1.82, 2.24) is 0 Å². The highest BCUT2D eigenvalue weighted by Crippen LogP contribution is 2.27. The number of nitrogens with one attached hydrogen (secondary N) is 1. The Morgan fingerprint density at radius 3 is 2.67 bits per heavy atom. The molecule has 0 heterocycles. The van der Waals surface area contributed by atoms with Crippen molar-refractivity contribution in [2.75, 3.05) is 11.9 Å². The van der Waals surface area contributed by atoms with Crippen LogP contribution in [0.15, 0.2) is 36.4 Å². The lowest BCUT2D eigenvalue weighted by atomic mass is 10.1. The second kappa shape index (κ2) is 6.59. The fourth-order valence-corrected chi connectivity index (χ4v) is 2.08. The van der Waals surface area contributed by atoms with E-state index in [9.17, 15) is 9.18 Å². The number of anilines is 1. The van der Waals surface area contributed by atoms with Crippen molar-refractivity contribution in [2.24, 2.45) is 0 Å². The summed E-state index contributed by atoms with van der Waals surface area (Å²) in [4.78, 5) is 12.1. The lowest BCUT2D eigenvalue weighted by Gasteiger charge is -2.09. The van der Waals surface area contributed by atoms with Gasteiger partial charge in [-0.2, -0.15) is 0 Å². The molecule has 0 bridgehead atoms. The summed E-state index contributed by atoms with van der Waals surface area (Å²) < 4.78 is 18.5. The number of rotatable bonds is 4. The molecule has 110 valence electrons. The number of carbonyl (C=O) groups is 1. The van der Waals surface area contributed by atoms with Gasteiger partial charge in [0, 0.05) is 11.3 Å². The first-order valence-electron chi connectivity index (χ1n) is 6.51. The van der Waals surface area contributed by atoms with Gasteiger partial charge in [0.15, 0.2) is 0 Å². The lowest BCUT2D eigenvalue weighted by Crippen LogP contribution is -2.12. The van der Waals surface area contributed by atoms with Gasteiger partial charge in [0.05, 0.1) is 11.6 Å². The smallest absolute Gasteiger partial charge is 0.255 e. The summed E-state index contributed by atoms with van der Waals surface area (Å²) in [6, 6.07) is 9.22. The molecular formula is C16H15ClFNO2. The van der Waals surface area contributed by atoms with Crippen LogP contribution in [0.25, 0.3) is 0 Å². The van der Waals surface area contributed by atoms with Crippen LogP contribution >= 0.6 is 11.6 Å². The molecule has 21 heavy (non-hydrogen) atoms. The van der Waals surface area contributed by atoms with E-state index in [0.29, 0.717) is 34.2 Å². The van der Waals surface area contributed by atoms with Gasteiger partial charge in [-0.15, -0.1) is 0 Å². The summed E-state index contributed by atoms with van der Waals surface area (Å²) in [5, 5.41) is 3.13. The summed E-state index contributed by atoms with van der Waals surface area (Å²) in [6.07, 6.45) is 0. The number of benzene rings is 2. The highest BCUT2D eigenvalue weighted by atomic mass is 35.5. The molecule has 0 fully saturated rings. The molecular weight excluding hydrogens is 293 g/mol. The van der Waals surface area contributed by atoms with E-state index in [4.69, 9.17) is 16.3 Å². The molecule has 2 rings (SSSR count). The minimum absolute atomic E-state index is 0.321. The zero-order chi connectivity index (χ0) is 15.4. The molecule has 2 aromatic carbocycles. The van der Waals surface area contributed by atoms with E-state index in [-0.39, 0.29) is 11.7 Å². The maximum atomic E-state index is 13.2. The van der Waals surface area contributed by atoms with Crippen molar-refractivity contribution < 1.29 is 13.9 Å². The van der Waals surface area contributed by atoms with E-state index < -0.39 is 0 Å². The first-order valence-corrected chi connectivity index (χ1v) is 6.89. The highest BCUT2D eigenvalue weighted by molar-refractivity contribution is 6.32. The van der Waals surface area contributed by atoms with Gasteiger partial charge in [-0.25, -0.2) is 4.39 Å². The Kier molecular flexibility index (Phi) is 4.81. The van der Waals surface area contributed by atoms with E-state index in [1.807, 2.05) is 6.92 Å². The van der Waals surface area contributed by atoms with E-state index in [1.54, 1.807) is 25.1 Å². The molecule has 0 aliphatic heterocycles. The standard InChI is InChI=1S/C16H15ClFNO2/c1-3-21-15-7-5-12(9-13(15)17)19-16(20)11-4-6-14(18)10(2)8-11/h4-9H,3H2,1-2H3,(H,19,20). The number of amides is 1. The van der Waals surface area contributed by atoms with Gasteiger partial charge in [0.1, 0.15) is 11.6 Å². The van der Waals surface area contributed by atoms with Crippen LogP contribution in [-0.2, 0) is 0 Å². The minimum Gasteiger partial charge on any atom is -0.492 e. The molecule has 0 unspecified atom stereocenters. The molecule has 0 aliphatic carbocycles. The van der Waals surface area contributed by atoms with Crippen LogP contribution in [0, 0.1) is 12.7 Å². The summed E-state index contributed by atoms with van der Waals surface area (Å²) in [5.41, 5.74) is 1.36. The largest absolute Gasteiger partial charge is 0.492 e. The van der Waals surface area contributed by atoms with Crippen LogP contribution < -0.4 is 10.1 Å². The Bertz CT molecular complexity index is 673. The van der Waals surface area contributed by atoms with Crippen LogP contribution in [-0.4, -0.2) is 12.5 Å². The van der Waals surface area contributed by atoms with Crippen LogP contribution in [0.3, 0.4) is 0 Å². The third-order valence-electron chi connectivity index (χ3n) is 2.91. The third-order valence-corrected chi connectivity index (χ3v) is 3.21. The highest BCUT2D eigenvalue weighted by Gasteiger charge is 2.09. The molecule has 0 atom stereocenters. The summed E-state index contributed by atoms with van der Waals surface area (Å²) in [5.74, 6) is -0.0937. The SMILES string of the molecule is CCOc1ccc(NC(=O)c2ccc(F)c(C)c2)cc1Cl. The van der Waals surface area contributed by atoms with Gasteiger partial charge in [-0.1, -0.05) is 11.6 Å². The molecule has 0 saturated heterocycles. The molecule has 3 nitrogen and oxygen atoms in total. The van der Waals surface area contributed by atoms with Gasteiger partial charge in [-0.05, 0) is 55.8 Å². The number of ether oxygens (including phenoxy) is 1. The van der Waals surface area contributed by atoms with Crippen molar-refractivity contribution >= 4 is 23.2 Å². The lowest BCUT2D eigenvalue weighted by molar-refractivity contribution is 0.102. The van der Waals surface area contributed by atoms with Gasteiger partial charge >= 0.3 is 0 Å². The third kappa shape index (κ3) is 3.73. The van der Waals surface area contributed by atoms with Crippen LogP contribution in [0.1, 0.15) is 22.8 Å². The second-order valence-electron chi connectivity index (χ2n) is 4.50. The van der Waals surface area contributed by atoms with Crippen LogP contribution in [0.5, 0.6) is 5.75 Å². The quantitative estimate of drug-likeness (QED) is 0.907. The summed E-state index contributed by atoms with van der Waals surface area (Å²) in [6.45, 7) is 3.99. The van der Waals surface area contributed by atoms with Crippen molar-refractivity contribution in [2.45, 2.75) is 13.8 Å². The molecule has 0 aromatic heterocycles. The number of hydrogen-bond acceptors (Lipinski definition) is 2. The Morgan fingerprint density at radius 1 is 1.29 bits per heavy atom. The number of hydrogen-bond donors (Lipinski definition) is 1. The summed E-state index contributed by atoms with van der Waals surface area (Å²) in [7, 11) is 0. The Balaban J connectivity index is 2.15. The van der Waals surface area contributed by atoms with Gasteiger partial charge in [0.2, 0.25) is 0 Å². The van der Waals surface area contributed by atoms with Gasteiger partial charge in [-0.3, -0.25) is 4.79 Å². The van der Waals surface area contributed by atoms with E-state index in [0.717, 1.165) is 0 Å². The Labute approximate surface area is 127 Å². The Hall–Kier alpha value is -2.07. The molecule has 1 amide bonds. The minimum atomic E-state index is -0.337. The first kappa shape index (κ1) is 15.3. The number of carbonyl (C=O) groups excluding carboxylic acids is 1. The topological polar surface area (TPSA) is 38.3 Å². The van der Waals surface area contributed by atoms with E-state index in [1.165, 1.54) is 18.2 Å². The molecule has 2 aromatic rings. The maximum absolute atomic E-state index is 13.2. The van der Waals surface area contributed by atoms with Gasteiger partial charge < -0.3 is 10.1 Å². The Morgan fingerprint density at radius 2 is 2.05 bits per heavy atom. The summed E-state index contributed by atoms with van der Waals surface area (Å²) >= 11 is 6.06. The molecule has 0 saturated carbocycles. The van der Waals surface area contributed by atoms with Crippen LogP contribution in [0.4, 0.5) is 10.1 Å². The van der Waals surface area contributed by atoms with Gasteiger partial charge in [0.25, 0.3) is 5.91 Å². The van der Waals surface area contributed by atoms with Crippen molar-refractivity contribution in [1.29, 1.82) is 0 Å². The average molecular weight is 308 g/mol. The fourth-order valence-electron chi connectivity index (χ4n) is 1.84. The first-order chi connectivity index (χ1) is 10.0.